The largest absolute Gasteiger partial charge is 0.473 e. The number of pyridine rings is 1. The van der Waals surface area contributed by atoms with E-state index in [9.17, 15) is 10.1 Å². The summed E-state index contributed by atoms with van der Waals surface area (Å²) in [6.45, 7) is 3.97. The van der Waals surface area contributed by atoms with E-state index < -0.39 is 4.92 Å². The molecule has 0 atom stereocenters. The summed E-state index contributed by atoms with van der Waals surface area (Å²) in [5.74, 6) is 0.584. The van der Waals surface area contributed by atoms with Crippen molar-refractivity contribution in [2.45, 2.75) is 12.8 Å². The van der Waals surface area contributed by atoms with E-state index in [1.54, 1.807) is 13.1 Å². The maximum Gasteiger partial charge on any atom is 0.331 e. The van der Waals surface area contributed by atoms with Crippen molar-refractivity contribution in [3.05, 3.63) is 34.9 Å². The van der Waals surface area contributed by atoms with Gasteiger partial charge < -0.3 is 10.1 Å². The molecule has 0 aliphatic heterocycles. The van der Waals surface area contributed by atoms with Crippen LogP contribution in [-0.2, 0) is 0 Å². The number of ether oxygens (including phenoxy) is 1. The SMILES string of the molecule is C=CCCCOc1nc(NC)ccc1[N+](=O)[O-]. The lowest BCUT2D eigenvalue weighted by atomic mass is 10.3. The molecule has 0 aliphatic carbocycles. The van der Waals surface area contributed by atoms with Gasteiger partial charge in [0.1, 0.15) is 5.82 Å². The summed E-state index contributed by atoms with van der Waals surface area (Å²) in [6, 6.07) is 2.91. The number of unbranched alkanes of at least 4 members (excludes halogenated alkanes) is 1. The third-order valence-electron chi connectivity index (χ3n) is 2.08. The number of hydrogen-bond donors (Lipinski definition) is 1. The number of allylic oxidation sites excluding steroid dienone is 1. The van der Waals surface area contributed by atoms with Crippen LogP contribution in [0.1, 0.15) is 12.8 Å². The molecule has 0 bridgehead atoms. The van der Waals surface area contributed by atoms with Gasteiger partial charge >= 0.3 is 5.69 Å². The fraction of sp³-hybridized carbons (Fsp3) is 0.364. The normalized spacial score (nSPS) is 9.71. The summed E-state index contributed by atoms with van der Waals surface area (Å²) in [4.78, 5) is 14.3. The molecular weight excluding hydrogens is 222 g/mol. The van der Waals surface area contributed by atoms with Gasteiger partial charge in [0.05, 0.1) is 11.5 Å². The van der Waals surface area contributed by atoms with E-state index in [0.29, 0.717) is 12.4 Å². The van der Waals surface area contributed by atoms with Crippen molar-refractivity contribution in [3.8, 4) is 5.88 Å². The highest BCUT2D eigenvalue weighted by Crippen LogP contribution is 2.26. The molecule has 1 N–H and O–H groups in total. The number of aromatic nitrogens is 1. The zero-order valence-electron chi connectivity index (χ0n) is 9.68. The summed E-state index contributed by atoms with van der Waals surface area (Å²) < 4.78 is 5.30. The third kappa shape index (κ3) is 3.75. The Kier molecular flexibility index (Phi) is 4.93. The summed E-state index contributed by atoms with van der Waals surface area (Å²) in [7, 11) is 1.69. The molecule has 1 aromatic heterocycles. The Morgan fingerprint density at radius 2 is 2.41 bits per heavy atom. The van der Waals surface area contributed by atoms with Gasteiger partial charge in [-0.2, -0.15) is 4.98 Å². The second kappa shape index (κ2) is 6.47. The van der Waals surface area contributed by atoms with Crippen LogP contribution in [0.4, 0.5) is 11.5 Å². The minimum absolute atomic E-state index is 0.0471. The van der Waals surface area contributed by atoms with Gasteiger partial charge in [0.2, 0.25) is 0 Å². The van der Waals surface area contributed by atoms with E-state index >= 15 is 0 Å². The molecule has 0 unspecified atom stereocenters. The lowest BCUT2D eigenvalue weighted by molar-refractivity contribution is -0.386. The fourth-order valence-corrected chi connectivity index (χ4v) is 1.21. The van der Waals surface area contributed by atoms with Crippen LogP contribution >= 0.6 is 0 Å². The zero-order valence-corrected chi connectivity index (χ0v) is 9.68. The Hall–Kier alpha value is -2.11. The van der Waals surface area contributed by atoms with E-state index in [4.69, 9.17) is 4.74 Å². The van der Waals surface area contributed by atoms with Crippen LogP contribution < -0.4 is 10.1 Å². The highest BCUT2D eigenvalue weighted by atomic mass is 16.6. The molecule has 0 aliphatic rings. The number of nitrogens with one attached hydrogen (secondary N) is 1. The number of rotatable bonds is 7. The smallest absolute Gasteiger partial charge is 0.331 e. The molecule has 6 nitrogen and oxygen atoms in total. The van der Waals surface area contributed by atoms with Crippen molar-refractivity contribution < 1.29 is 9.66 Å². The Morgan fingerprint density at radius 3 is 3.00 bits per heavy atom. The van der Waals surface area contributed by atoms with Gasteiger partial charge in [0.25, 0.3) is 5.88 Å². The van der Waals surface area contributed by atoms with Gasteiger partial charge in [0, 0.05) is 13.1 Å². The molecule has 0 spiro atoms. The van der Waals surface area contributed by atoms with Gasteiger partial charge in [0.15, 0.2) is 0 Å². The molecule has 0 saturated carbocycles. The number of nitro groups is 1. The molecular formula is C11H15N3O3. The van der Waals surface area contributed by atoms with Crippen molar-refractivity contribution >= 4 is 11.5 Å². The third-order valence-corrected chi connectivity index (χ3v) is 2.08. The first kappa shape index (κ1) is 13.0. The standard InChI is InChI=1S/C11H15N3O3/c1-3-4-5-8-17-11-9(14(15)16)6-7-10(12-2)13-11/h3,6-7H,1,4-5,8H2,2H3,(H,12,13). The van der Waals surface area contributed by atoms with E-state index in [2.05, 4.69) is 16.9 Å². The van der Waals surface area contributed by atoms with Crippen LogP contribution in [0, 0.1) is 10.1 Å². The minimum Gasteiger partial charge on any atom is -0.473 e. The van der Waals surface area contributed by atoms with Crippen molar-refractivity contribution in [2.75, 3.05) is 19.0 Å². The van der Waals surface area contributed by atoms with Crippen molar-refractivity contribution in [1.82, 2.24) is 4.98 Å². The Bertz CT molecular complexity index is 407. The molecule has 17 heavy (non-hydrogen) atoms. The first-order valence-corrected chi connectivity index (χ1v) is 5.26. The van der Waals surface area contributed by atoms with Crippen molar-refractivity contribution in [3.63, 3.8) is 0 Å². The van der Waals surface area contributed by atoms with E-state index in [1.807, 2.05) is 0 Å². The molecule has 1 heterocycles. The second-order valence-corrected chi connectivity index (χ2v) is 3.31. The monoisotopic (exact) mass is 237 g/mol. The molecule has 92 valence electrons. The van der Waals surface area contributed by atoms with Gasteiger partial charge in [-0.15, -0.1) is 6.58 Å². The van der Waals surface area contributed by atoms with E-state index in [0.717, 1.165) is 12.8 Å². The lowest BCUT2D eigenvalue weighted by Gasteiger charge is -2.06. The maximum absolute atomic E-state index is 10.8. The predicted molar refractivity (Wildman–Crippen MR) is 65.4 cm³/mol. The summed E-state index contributed by atoms with van der Waals surface area (Å²) in [6.07, 6.45) is 3.33. The van der Waals surface area contributed by atoms with Gasteiger partial charge in [-0.3, -0.25) is 10.1 Å². The zero-order chi connectivity index (χ0) is 12.7. The molecule has 0 radical (unpaired) electrons. The van der Waals surface area contributed by atoms with Gasteiger partial charge in [-0.05, 0) is 18.9 Å². The summed E-state index contributed by atoms with van der Waals surface area (Å²) >= 11 is 0. The second-order valence-electron chi connectivity index (χ2n) is 3.31. The Labute approximate surface area is 99.5 Å². The number of nitrogens with zero attached hydrogens (tertiary/aromatic N) is 2. The molecule has 1 rings (SSSR count). The van der Waals surface area contributed by atoms with Crippen molar-refractivity contribution in [1.29, 1.82) is 0 Å². The van der Waals surface area contributed by atoms with Crippen molar-refractivity contribution in [2.24, 2.45) is 0 Å². The number of hydrogen-bond acceptors (Lipinski definition) is 5. The Morgan fingerprint density at radius 1 is 1.65 bits per heavy atom. The topological polar surface area (TPSA) is 77.3 Å². The van der Waals surface area contributed by atoms with Gasteiger partial charge in [-0.25, -0.2) is 0 Å². The van der Waals surface area contributed by atoms with Crippen LogP contribution in [0.5, 0.6) is 5.88 Å². The van der Waals surface area contributed by atoms with Crippen LogP contribution in [0.3, 0.4) is 0 Å². The molecule has 0 amide bonds. The highest BCUT2D eigenvalue weighted by Gasteiger charge is 2.17. The van der Waals surface area contributed by atoms with Crippen LogP contribution in [0.15, 0.2) is 24.8 Å². The van der Waals surface area contributed by atoms with Crippen LogP contribution in [-0.4, -0.2) is 23.6 Å². The molecule has 0 aromatic carbocycles. The highest BCUT2D eigenvalue weighted by molar-refractivity contribution is 5.48. The fourth-order valence-electron chi connectivity index (χ4n) is 1.21. The van der Waals surface area contributed by atoms with E-state index in [-0.39, 0.29) is 11.6 Å². The average molecular weight is 237 g/mol. The number of anilines is 1. The summed E-state index contributed by atoms with van der Waals surface area (Å²) in [5, 5.41) is 13.6. The molecule has 1 aromatic rings. The van der Waals surface area contributed by atoms with Crippen LogP contribution in [0.25, 0.3) is 0 Å². The first-order chi connectivity index (χ1) is 8.19. The van der Waals surface area contributed by atoms with Gasteiger partial charge in [-0.1, -0.05) is 6.08 Å². The average Bonchev–Trinajstić information content (AvgIpc) is 2.34. The molecule has 0 fully saturated rings. The Balaban J connectivity index is 2.78. The predicted octanol–water partition coefficient (Wildman–Crippen LogP) is 2.38. The minimum atomic E-state index is -0.505. The van der Waals surface area contributed by atoms with E-state index in [1.165, 1.54) is 12.1 Å². The quantitative estimate of drug-likeness (QED) is 0.341. The maximum atomic E-state index is 10.8. The van der Waals surface area contributed by atoms with Crippen LogP contribution in [0.2, 0.25) is 0 Å². The first-order valence-electron chi connectivity index (χ1n) is 5.26. The summed E-state index contributed by atoms with van der Waals surface area (Å²) in [5.41, 5.74) is -0.123. The lowest BCUT2D eigenvalue weighted by Crippen LogP contribution is -2.04. The molecule has 6 heteroatoms. The molecule has 0 saturated heterocycles.